The van der Waals surface area contributed by atoms with Crippen LogP contribution in [0.2, 0.25) is 0 Å². The molecule has 2 aromatic carbocycles. The van der Waals surface area contributed by atoms with E-state index in [1.807, 2.05) is 11.8 Å². The molecule has 0 N–H and O–H groups in total. The highest BCUT2D eigenvalue weighted by Gasteiger charge is 2.32. The molecular weight excluding hydrogens is 387 g/mol. The van der Waals surface area contributed by atoms with Crippen LogP contribution >= 0.6 is 0 Å². The van der Waals surface area contributed by atoms with Gasteiger partial charge in [0.05, 0.1) is 5.56 Å². The van der Waals surface area contributed by atoms with Crippen molar-refractivity contribution in [2.24, 2.45) is 0 Å². The Morgan fingerprint density at radius 3 is 2.67 bits per heavy atom. The van der Waals surface area contributed by atoms with Crippen molar-refractivity contribution in [2.75, 3.05) is 26.3 Å². The number of Topliss-reactive ketones (excluding diaryl/α,β-unsaturated/α-hetero) is 1. The van der Waals surface area contributed by atoms with Crippen molar-refractivity contribution < 1.29 is 23.5 Å². The van der Waals surface area contributed by atoms with Gasteiger partial charge in [-0.25, -0.2) is 4.39 Å². The monoisotopic (exact) mass is 412 g/mol. The lowest BCUT2D eigenvalue weighted by molar-refractivity contribution is -0.139. The molecule has 2 aromatic rings. The summed E-state index contributed by atoms with van der Waals surface area (Å²) in [5.41, 5.74) is 1.60. The Kier molecular flexibility index (Phi) is 5.72. The molecule has 1 saturated heterocycles. The second-order valence-corrected chi connectivity index (χ2v) is 7.96. The Hall–Kier alpha value is -2.93. The third-order valence-corrected chi connectivity index (χ3v) is 5.71. The number of rotatable bonds is 5. The van der Waals surface area contributed by atoms with Crippen molar-refractivity contribution in [3.8, 4) is 11.5 Å². The van der Waals surface area contributed by atoms with Crippen LogP contribution in [-0.2, 0) is 11.3 Å². The maximum absolute atomic E-state index is 13.1. The van der Waals surface area contributed by atoms with Crippen LogP contribution < -0.4 is 9.47 Å². The number of nitrogens with zero attached hydrogens (tertiary/aromatic N) is 2. The molecule has 2 atom stereocenters. The summed E-state index contributed by atoms with van der Waals surface area (Å²) >= 11 is 0. The quantitative estimate of drug-likeness (QED) is 0.756. The molecule has 0 unspecified atom stereocenters. The average Bonchev–Trinajstić information content (AvgIpc) is 3.10. The molecule has 0 saturated carbocycles. The average molecular weight is 412 g/mol. The van der Waals surface area contributed by atoms with Gasteiger partial charge in [0.25, 0.3) is 5.91 Å². The normalized spacial score (nSPS) is 21.3. The van der Waals surface area contributed by atoms with Crippen LogP contribution in [0.3, 0.4) is 0 Å². The first-order valence-electron chi connectivity index (χ1n) is 10.1. The number of carbonyl (C=O) groups is 2. The third-order valence-electron chi connectivity index (χ3n) is 5.71. The van der Waals surface area contributed by atoms with Gasteiger partial charge < -0.3 is 14.4 Å². The van der Waals surface area contributed by atoms with Crippen molar-refractivity contribution >= 4 is 11.7 Å². The van der Waals surface area contributed by atoms with Gasteiger partial charge in [-0.05, 0) is 43.7 Å². The summed E-state index contributed by atoms with van der Waals surface area (Å²) in [6, 6.07) is 11.8. The number of hydrogen-bond donors (Lipinski definition) is 0. The molecule has 2 heterocycles. The Labute approximate surface area is 175 Å². The predicted octanol–water partition coefficient (Wildman–Crippen LogP) is 2.90. The lowest BCUT2D eigenvalue weighted by Gasteiger charge is -2.44. The van der Waals surface area contributed by atoms with Gasteiger partial charge in [0, 0.05) is 37.8 Å². The van der Waals surface area contributed by atoms with Gasteiger partial charge in [-0.2, -0.15) is 0 Å². The van der Waals surface area contributed by atoms with Gasteiger partial charge in [-0.1, -0.05) is 12.1 Å². The molecule has 0 bridgehead atoms. The maximum Gasteiger partial charge on any atom is 0.260 e. The number of piperazine rings is 1. The molecule has 6 nitrogen and oxygen atoms in total. The Bertz CT molecular complexity index is 947. The molecule has 2 aliphatic rings. The summed E-state index contributed by atoms with van der Waals surface area (Å²) in [5.74, 6) is 0.646. The number of hydrogen-bond acceptors (Lipinski definition) is 5. The Balaban J connectivity index is 1.33. The summed E-state index contributed by atoms with van der Waals surface area (Å²) in [6.45, 7) is 6.16. The highest BCUT2D eigenvalue weighted by atomic mass is 19.1. The van der Waals surface area contributed by atoms with E-state index < -0.39 is 0 Å². The molecular formula is C23H25FN2O4. The zero-order chi connectivity index (χ0) is 21.3. The van der Waals surface area contributed by atoms with Crippen LogP contribution in [0.15, 0.2) is 42.5 Å². The van der Waals surface area contributed by atoms with Gasteiger partial charge in [0.2, 0.25) is 5.78 Å². The van der Waals surface area contributed by atoms with Gasteiger partial charge in [0.15, 0.2) is 13.2 Å². The first-order valence-corrected chi connectivity index (χ1v) is 10.1. The molecule has 7 heteroatoms. The van der Waals surface area contributed by atoms with Crippen LogP contribution in [0.25, 0.3) is 0 Å². The fourth-order valence-electron chi connectivity index (χ4n) is 3.98. The van der Waals surface area contributed by atoms with Crippen LogP contribution in [-0.4, -0.2) is 59.9 Å². The van der Waals surface area contributed by atoms with Crippen molar-refractivity contribution in [1.82, 2.24) is 9.80 Å². The second-order valence-electron chi connectivity index (χ2n) is 7.96. The number of carbonyl (C=O) groups excluding carboxylic acids is 2. The van der Waals surface area contributed by atoms with E-state index in [2.05, 4.69) is 11.8 Å². The van der Waals surface area contributed by atoms with E-state index in [9.17, 15) is 14.0 Å². The summed E-state index contributed by atoms with van der Waals surface area (Å²) < 4.78 is 24.1. The highest BCUT2D eigenvalue weighted by Crippen LogP contribution is 2.29. The Morgan fingerprint density at radius 1 is 1.13 bits per heavy atom. The predicted molar refractivity (Wildman–Crippen MR) is 109 cm³/mol. The molecule has 30 heavy (non-hydrogen) atoms. The van der Waals surface area contributed by atoms with Crippen molar-refractivity contribution in [2.45, 2.75) is 32.5 Å². The van der Waals surface area contributed by atoms with Crippen LogP contribution in [0.5, 0.6) is 11.5 Å². The zero-order valence-electron chi connectivity index (χ0n) is 17.1. The van der Waals surface area contributed by atoms with Crippen molar-refractivity contribution in [3.05, 3.63) is 59.4 Å². The molecule has 0 aromatic heterocycles. The van der Waals surface area contributed by atoms with E-state index in [1.165, 1.54) is 12.1 Å². The smallest absolute Gasteiger partial charge is 0.260 e. The van der Waals surface area contributed by atoms with Gasteiger partial charge in [0.1, 0.15) is 17.3 Å². The number of ether oxygens (including phenoxy) is 2. The molecule has 0 radical (unpaired) electrons. The van der Waals surface area contributed by atoms with Gasteiger partial charge >= 0.3 is 0 Å². The van der Waals surface area contributed by atoms with E-state index in [0.29, 0.717) is 23.6 Å². The molecule has 158 valence electrons. The highest BCUT2D eigenvalue weighted by molar-refractivity contribution is 6.02. The summed E-state index contributed by atoms with van der Waals surface area (Å²) in [7, 11) is 0. The van der Waals surface area contributed by atoms with Crippen LogP contribution in [0.1, 0.15) is 29.8 Å². The maximum atomic E-state index is 13.1. The first-order chi connectivity index (χ1) is 14.4. The van der Waals surface area contributed by atoms with E-state index in [0.717, 1.165) is 18.7 Å². The fraction of sp³-hybridized carbons (Fsp3) is 0.391. The van der Waals surface area contributed by atoms with E-state index >= 15 is 0 Å². The largest absolute Gasteiger partial charge is 0.485 e. The second kappa shape index (κ2) is 8.44. The third kappa shape index (κ3) is 4.31. The lowest BCUT2D eigenvalue weighted by Crippen LogP contribution is -2.58. The summed E-state index contributed by atoms with van der Waals surface area (Å²) in [5, 5.41) is 0. The molecule has 1 amide bonds. The zero-order valence-corrected chi connectivity index (χ0v) is 17.1. The summed E-state index contributed by atoms with van der Waals surface area (Å²) in [4.78, 5) is 28.5. The standard InChI is InChI=1S/C23H25FN2O4/c1-15-11-26(16(2)10-25(15)12-17-3-5-18(24)6-4-17)23(28)14-29-19-7-8-20-21(27)13-30-22(20)9-19/h3-9,15-16H,10-14H2,1-2H3/t15-,16+/m1/s1. The number of ketones is 1. The van der Waals surface area contributed by atoms with Gasteiger partial charge in [-0.15, -0.1) is 0 Å². The molecule has 1 fully saturated rings. The minimum Gasteiger partial charge on any atom is -0.485 e. The number of amides is 1. The first kappa shape index (κ1) is 20.3. The van der Waals surface area contributed by atoms with Gasteiger partial charge in [-0.3, -0.25) is 14.5 Å². The van der Waals surface area contributed by atoms with Crippen molar-refractivity contribution in [3.63, 3.8) is 0 Å². The minimum absolute atomic E-state index is 0.0405. The van der Waals surface area contributed by atoms with E-state index in [1.54, 1.807) is 30.3 Å². The van der Waals surface area contributed by atoms with Crippen LogP contribution in [0.4, 0.5) is 4.39 Å². The van der Waals surface area contributed by atoms with Crippen molar-refractivity contribution in [1.29, 1.82) is 0 Å². The molecule has 0 aliphatic carbocycles. The Morgan fingerprint density at radius 2 is 1.90 bits per heavy atom. The molecule has 2 aliphatic heterocycles. The SMILES string of the molecule is C[C@@H]1CN(C(=O)COc2ccc3c(c2)OCC3=O)[C@@H](C)CN1Cc1ccc(F)cc1. The van der Waals surface area contributed by atoms with E-state index in [-0.39, 0.29) is 42.8 Å². The topological polar surface area (TPSA) is 59.1 Å². The van der Waals surface area contributed by atoms with Crippen LogP contribution in [0, 0.1) is 5.82 Å². The minimum atomic E-state index is -0.239. The number of fused-ring (bicyclic) bond motifs is 1. The number of benzene rings is 2. The van der Waals surface area contributed by atoms with E-state index in [4.69, 9.17) is 9.47 Å². The fourth-order valence-corrected chi connectivity index (χ4v) is 3.98. The molecule has 0 spiro atoms. The summed E-state index contributed by atoms with van der Waals surface area (Å²) in [6.07, 6.45) is 0. The lowest BCUT2D eigenvalue weighted by atomic mass is 10.1. The molecule has 4 rings (SSSR count). The number of halogens is 1.